The lowest BCUT2D eigenvalue weighted by Gasteiger charge is -2.07. The molecule has 0 saturated carbocycles. The Labute approximate surface area is 104 Å². The van der Waals surface area contributed by atoms with Gasteiger partial charge in [-0.2, -0.15) is 0 Å². The van der Waals surface area contributed by atoms with Crippen LogP contribution < -0.4 is 0 Å². The van der Waals surface area contributed by atoms with E-state index in [0.717, 1.165) is 23.9 Å². The molecule has 0 radical (unpaired) electrons. The first-order valence-corrected chi connectivity index (χ1v) is 6.33. The summed E-state index contributed by atoms with van der Waals surface area (Å²) in [7, 11) is 0. The fraction of sp³-hybridized carbons (Fsp3) is 0.308. The Kier molecular flexibility index (Phi) is 3.78. The zero-order chi connectivity index (χ0) is 11.4. The van der Waals surface area contributed by atoms with E-state index in [1.807, 2.05) is 12.4 Å². The molecule has 0 fully saturated rings. The average Bonchev–Trinajstić information content (AvgIpc) is 2.70. The predicted molar refractivity (Wildman–Crippen MR) is 69.5 cm³/mol. The van der Waals surface area contributed by atoms with Gasteiger partial charge in [0.1, 0.15) is 5.82 Å². The quantitative estimate of drug-likeness (QED) is 0.835. The van der Waals surface area contributed by atoms with Gasteiger partial charge in [0, 0.05) is 29.8 Å². The Morgan fingerprint density at radius 3 is 2.69 bits per heavy atom. The third kappa shape index (κ3) is 2.73. The monoisotopic (exact) mass is 278 g/mol. The molecule has 0 saturated heterocycles. The minimum absolute atomic E-state index is 0.905. The second-order valence-corrected chi connectivity index (χ2v) is 4.76. The molecule has 2 aromatic rings. The number of halogens is 1. The Morgan fingerprint density at radius 2 is 2.00 bits per heavy atom. The Balaban J connectivity index is 2.13. The van der Waals surface area contributed by atoms with E-state index in [1.54, 1.807) is 0 Å². The molecule has 84 valence electrons. The molecule has 1 aromatic heterocycles. The molecule has 0 spiro atoms. The van der Waals surface area contributed by atoms with Crippen molar-refractivity contribution in [2.45, 2.75) is 26.3 Å². The molecule has 0 aliphatic carbocycles. The largest absolute Gasteiger partial charge is 0.331 e. The number of imidazole rings is 1. The molecule has 0 amide bonds. The van der Waals surface area contributed by atoms with Crippen molar-refractivity contribution >= 4 is 15.9 Å². The van der Waals surface area contributed by atoms with Crippen LogP contribution in [0, 0.1) is 0 Å². The van der Waals surface area contributed by atoms with Crippen LogP contribution in [0.25, 0.3) is 0 Å². The van der Waals surface area contributed by atoms with Crippen molar-refractivity contribution in [2.24, 2.45) is 0 Å². The van der Waals surface area contributed by atoms with E-state index in [9.17, 15) is 0 Å². The van der Waals surface area contributed by atoms with Crippen LogP contribution in [0.3, 0.4) is 0 Å². The summed E-state index contributed by atoms with van der Waals surface area (Å²) in [6.07, 6.45) is 6.11. The topological polar surface area (TPSA) is 17.8 Å². The van der Waals surface area contributed by atoms with Crippen molar-refractivity contribution in [3.05, 3.63) is 52.5 Å². The number of rotatable bonds is 4. The number of benzene rings is 1. The molecule has 0 atom stereocenters. The van der Waals surface area contributed by atoms with E-state index in [-0.39, 0.29) is 0 Å². The Bertz CT molecular complexity index is 445. The molecule has 2 nitrogen and oxygen atoms in total. The first-order chi connectivity index (χ1) is 7.79. The van der Waals surface area contributed by atoms with Crippen molar-refractivity contribution in [3.63, 3.8) is 0 Å². The van der Waals surface area contributed by atoms with Gasteiger partial charge in [0.15, 0.2) is 0 Å². The zero-order valence-electron chi connectivity index (χ0n) is 9.36. The van der Waals surface area contributed by atoms with Crippen LogP contribution in [0.15, 0.2) is 41.1 Å². The number of hydrogen-bond donors (Lipinski definition) is 0. The van der Waals surface area contributed by atoms with Gasteiger partial charge in [-0.15, -0.1) is 0 Å². The summed E-state index contributed by atoms with van der Waals surface area (Å²) in [6.45, 7) is 3.08. The van der Waals surface area contributed by atoms with E-state index in [2.05, 4.69) is 56.7 Å². The van der Waals surface area contributed by atoms with Crippen LogP contribution >= 0.6 is 15.9 Å². The van der Waals surface area contributed by atoms with Crippen LogP contribution in [-0.4, -0.2) is 9.55 Å². The molecule has 0 aliphatic heterocycles. The lowest BCUT2D eigenvalue weighted by Crippen LogP contribution is -2.03. The zero-order valence-corrected chi connectivity index (χ0v) is 10.9. The van der Waals surface area contributed by atoms with Crippen molar-refractivity contribution in [1.82, 2.24) is 9.55 Å². The highest BCUT2D eigenvalue weighted by atomic mass is 79.9. The molecule has 16 heavy (non-hydrogen) atoms. The third-order valence-corrected chi connectivity index (χ3v) is 3.07. The van der Waals surface area contributed by atoms with E-state index in [0.29, 0.717) is 0 Å². The van der Waals surface area contributed by atoms with Gasteiger partial charge in [0.2, 0.25) is 0 Å². The Morgan fingerprint density at radius 1 is 1.25 bits per heavy atom. The summed E-state index contributed by atoms with van der Waals surface area (Å²) >= 11 is 3.44. The van der Waals surface area contributed by atoms with E-state index >= 15 is 0 Å². The van der Waals surface area contributed by atoms with Crippen LogP contribution in [0.5, 0.6) is 0 Å². The van der Waals surface area contributed by atoms with Crippen LogP contribution in [-0.2, 0) is 13.0 Å². The molecule has 0 bridgehead atoms. The van der Waals surface area contributed by atoms with E-state index in [4.69, 9.17) is 0 Å². The highest BCUT2D eigenvalue weighted by Crippen LogP contribution is 2.12. The van der Waals surface area contributed by atoms with Gasteiger partial charge in [-0.3, -0.25) is 0 Å². The standard InChI is InChI=1S/C13H15BrN2/c1-2-3-13-15-8-9-16(13)10-11-4-6-12(14)7-5-11/h4-9H,2-3,10H2,1H3. The van der Waals surface area contributed by atoms with Crippen molar-refractivity contribution in [2.75, 3.05) is 0 Å². The van der Waals surface area contributed by atoms with Crippen LogP contribution in [0.2, 0.25) is 0 Å². The van der Waals surface area contributed by atoms with E-state index in [1.165, 1.54) is 11.4 Å². The van der Waals surface area contributed by atoms with Crippen molar-refractivity contribution < 1.29 is 0 Å². The predicted octanol–water partition coefficient (Wildman–Crippen LogP) is 3.65. The molecular weight excluding hydrogens is 264 g/mol. The lowest BCUT2D eigenvalue weighted by molar-refractivity contribution is 0.705. The minimum atomic E-state index is 0.905. The van der Waals surface area contributed by atoms with Gasteiger partial charge in [-0.05, 0) is 24.1 Å². The van der Waals surface area contributed by atoms with E-state index < -0.39 is 0 Å². The second kappa shape index (κ2) is 5.30. The molecule has 1 aromatic carbocycles. The van der Waals surface area contributed by atoms with Gasteiger partial charge in [-0.25, -0.2) is 4.98 Å². The molecule has 3 heteroatoms. The van der Waals surface area contributed by atoms with Gasteiger partial charge in [0.05, 0.1) is 0 Å². The van der Waals surface area contributed by atoms with Gasteiger partial charge in [0.25, 0.3) is 0 Å². The second-order valence-electron chi connectivity index (χ2n) is 3.85. The summed E-state index contributed by atoms with van der Waals surface area (Å²) in [5, 5.41) is 0. The van der Waals surface area contributed by atoms with Gasteiger partial charge in [-0.1, -0.05) is 35.0 Å². The molecule has 0 unspecified atom stereocenters. The molecule has 2 rings (SSSR count). The fourth-order valence-electron chi connectivity index (χ4n) is 1.72. The maximum Gasteiger partial charge on any atom is 0.108 e. The Hall–Kier alpha value is -1.09. The smallest absolute Gasteiger partial charge is 0.108 e. The minimum Gasteiger partial charge on any atom is -0.331 e. The van der Waals surface area contributed by atoms with Crippen molar-refractivity contribution in [1.29, 1.82) is 0 Å². The molecule has 0 N–H and O–H groups in total. The molecule has 0 aliphatic rings. The number of nitrogens with zero attached hydrogens (tertiary/aromatic N) is 2. The summed E-state index contributed by atoms with van der Waals surface area (Å²) in [5.74, 6) is 1.17. The summed E-state index contributed by atoms with van der Waals surface area (Å²) in [6, 6.07) is 8.43. The molecule has 1 heterocycles. The maximum atomic E-state index is 4.37. The van der Waals surface area contributed by atoms with Crippen LogP contribution in [0.1, 0.15) is 24.7 Å². The summed E-state index contributed by atoms with van der Waals surface area (Å²) in [5.41, 5.74) is 1.30. The highest BCUT2D eigenvalue weighted by molar-refractivity contribution is 9.10. The summed E-state index contributed by atoms with van der Waals surface area (Å²) in [4.78, 5) is 4.37. The first kappa shape index (κ1) is 11.4. The SMILES string of the molecule is CCCc1nccn1Cc1ccc(Br)cc1. The first-order valence-electron chi connectivity index (χ1n) is 5.54. The number of aryl methyl sites for hydroxylation is 1. The number of hydrogen-bond acceptors (Lipinski definition) is 1. The number of aromatic nitrogens is 2. The average molecular weight is 279 g/mol. The highest BCUT2D eigenvalue weighted by Gasteiger charge is 2.02. The maximum absolute atomic E-state index is 4.37. The molecular formula is C13H15BrN2. The van der Waals surface area contributed by atoms with Crippen LogP contribution in [0.4, 0.5) is 0 Å². The van der Waals surface area contributed by atoms with Gasteiger partial charge < -0.3 is 4.57 Å². The lowest BCUT2D eigenvalue weighted by atomic mass is 10.2. The third-order valence-electron chi connectivity index (χ3n) is 2.54. The fourth-order valence-corrected chi connectivity index (χ4v) is 1.99. The normalized spacial score (nSPS) is 10.6. The van der Waals surface area contributed by atoms with Gasteiger partial charge >= 0.3 is 0 Å². The van der Waals surface area contributed by atoms with Crippen molar-refractivity contribution in [3.8, 4) is 0 Å². The summed E-state index contributed by atoms with van der Waals surface area (Å²) < 4.78 is 3.34.